The Morgan fingerprint density at radius 1 is 1.25 bits per heavy atom. The van der Waals surface area contributed by atoms with Gasteiger partial charge in [-0.1, -0.05) is 34.5 Å². The maximum Gasteiger partial charge on any atom is 0.273 e. The number of aryl methyl sites for hydroxylation is 2. The summed E-state index contributed by atoms with van der Waals surface area (Å²) in [5, 5.41) is 14.5. The molecule has 128 valence electrons. The van der Waals surface area contributed by atoms with E-state index in [1.54, 1.807) is 6.20 Å². The van der Waals surface area contributed by atoms with Crippen molar-refractivity contribution in [2.24, 2.45) is 0 Å². The van der Waals surface area contributed by atoms with Crippen molar-refractivity contribution in [1.82, 2.24) is 25.6 Å². The molecule has 1 amide bonds. The van der Waals surface area contributed by atoms with Crippen molar-refractivity contribution in [1.29, 1.82) is 0 Å². The summed E-state index contributed by atoms with van der Waals surface area (Å²) in [6.07, 6.45) is 3.80. The van der Waals surface area contributed by atoms with Crippen molar-refractivity contribution in [2.45, 2.75) is 45.7 Å². The van der Waals surface area contributed by atoms with Crippen molar-refractivity contribution < 1.29 is 4.79 Å². The Hall–Kier alpha value is -2.21. The summed E-state index contributed by atoms with van der Waals surface area (Å²) >= 11 is 0. The summed E-state index contributed by atoms with van der Waals surface area (Å²) in [7, 11) is 0. The zero-order chi connectivity index (χ0) is 17.1. The smallest absolute Gasteiger partial charge is 0.273 e. The summed E-state index contributed by atoms with van der Waals surface area (Å²) in [4.78, 5) is 12.5. The van der Waals surface area contributed by atoms with Gasteiger partial charge in [0.2, 0.25) is 0 Å². The number of piperidine rings is 1. The second kappa shape index (κ2) is 7.13. The van der Waals surface area contributed by atoms with Crippen LogP contribution in [0.2, 0.25) is 0 Å². The third kappa shape index (κ3) is 3.82. The Balaban J connectivity index is 1.67. The molecule has 6 heteroatoms. The van der Waals surface area contributed by atoms with Gasteiger partial charge in [0.05, 0.1) is 18.3 Å². The molecule has 0 spiro atoms. The highest BCUT2D eigenvalue weighted by molar-refractivity contribution is 5.92. The normalized spacial score (nSPS) is 16.8. The summed E-state index contributed by atoms with van der Waals surface area (Å²) in [5.74, 6) is -0.179. The lowest BCUT2D eigenvalue weighted by atomic mass is 10.0. The fourth-order valence-electron chi connectivity index (χ4n) is 3.24. The van der Waals surface area contributed by atoms with Crippen LogP contribution in [0.1, 0.15) is 59.0 Å². The molecule has 0 radical (unpaired) electrons. The van der Waals surface area contributed by atoms with E-state index in [1.807, 2.05) is 11.6 Å². The third-order valence-electron chi connectivity index (χ3n) is 4.52. The number of nitrogens with zero attached hydrogens (tertiary/aromatic N) is 3. The number of hydrogen-bond acceptors (Lipinski definition) is 4. The molecule has 1 fully saturated rings. The first-order valence-electron chi connectivity index (χ1n) is 8.54. The molecule has 1 aromatic heterocycles. The predicted octanol–water partition coefficient (Wildman–Crippen LogP) is 2.31. The van der Waals surface area contributed by atoms with E-state index in [-0.39, 0.29) is 11.9 Å². The third-order valence-corrected chi connectivity index (χ3v) is 4.52. The lowest BCUT2D eigenvalue weighted by molar-refractivity contribution is 0.0934. The van der Waals surface area contributed by atoms with E-state index in [2.05, 4.69) is 53.0 Å². The molecule has 2 N–H and O–H groups in total. The van der Waals surface area contributed by atoms with Crippen molar-refractivity contribution in [2.75, 3.05) is 13.1 Å². The second-order valence-electron chi connectivity index (χ2n) is 6.68. The number of aromatic nitrogens is 3. The molecule has 2 heterocycles. The van der Waals surface area contributed by atoms with E-state index >= 15 is 0 Å². The number of carbonyl (C=O) groups is 1. The predicted molar refractivity (Wildman–Crippen MR) is 93.0 cm³/mol. The van der Waals surface area contributed by atoms with E-state index < -0.39 is 0 Å². The standard InChI is InChI=1S/C18H25N5O/c1-12-8-13(2)10-15(9-12)14(3)20-18(24)17-11-23(22-21-17)16-4-6-19-7-5-16/h8-11,14,16,19H,4-7H2,1-3H3,(H,20,24). The number of amides is 1. The van der Waals surface area contributed by atoms with Gasteiger partial charge in [0.1, 0.15) is 0 Å². The SMILES string of the molecule is Cc1cc(C)cc(C(C)NC(=O)c2cn(C3CCNCC3)nn2)c1. The van der Waals surface area contributed by atoms with E-state index in [1.165, 1.54) is 11.1 Å². The number of rotatable bonds is 4. The van der Waals surface area contributed by atoms with Crippen molar-refractivity contribution in [3.8, 4) is 0 Å². The zero-order valence-corrected chi connectivity index (χ0v) is 14.5. The number of nitrogens with one attached hydrogen (secondary N) is 2. The molecule has 0 bridgehead atoms. The summed E-state index contributed by atoms with van der Waals surface area (Å²) in [5.41, 5.74) is 3.88. The van der Waals surface area contributed by atoms with Crippen molar-refractivity contribution in [3.05, 3.63) is 46.8 Å². The highest BCUT2D eigenvalue weighted by atomic mass is 16.2. The lowest BCUT2D eigenvalue weighted by Crippen LogP contribution is -2.29. The van der Waals surface area contributed by atoms with Crippen LogP contribution in [0, 0.1) is 13.8 Å². The minimum Gasteiger partial charge on any atom is -0.344 e. The maximum atomic E-state index is 12.5. The Bertz CT molecular complexity index is 698. The van der Waals surface area contributed by atoms with Gasteiger partial charge in [-0.2, -0.15) is 0 Å². The van der Waals surface area contributed by atoms with Crippen LogP contribution in [-0.4, -0.2) is 34.0 Å². The summed E-state index contributed by atoms with van der Waals surface area (Å²) in [6.45, 7) is 8.08. The fraction of sp³-hybridized carbons (Fsp3) is 0.500. The van der Waals surface area contributed by atoms with Crippen LogP contribution >= 0.6 is 0 Å². The molecular weight excluding hydrogens is 302 g/mol. The average molecular weight is 327 g/mol. The largest absolute Gasteiger partial charge is 0.344 e. The monoisotopic (exact) mass is 327 g/mol. The van der Waals surface area contributed by atoms with Gasteiger partial charge in [-0.25, -0.2) is 4.68 Å². The lowest BCUT2D eigenvalue weighted by Gasteiger charge is -2.22. The van der Waals surface area contributed by atoms with Crippen molar-refractivity contribution >= 4 is 5.91 Å². The van der Waals surface area contributed by atoms with Gasteiger partial charge >= 0.3 is 0 Å². The molecule has 0 aliphatic carbocycles. The van der Waals surface area contributed by atoms with Crippen molar-refractivity contribution in [3.63, 3.8) is 0 Å². The van der Waals surface area contributed by atoms with E-state index in [9.17, 15) is 4.79 Å². The zero-order valence-electron chi connectivity index (χ0n) is 14.5. The molecule has 1 aliphatic rings. The van der Waals surface area contributed by atoms with Gasteiger partial charge in [0.15, 0.2) is 5.69 Å². The highest BCUT2D eigenvalue weighted by Crippen LogP contribution is 2.19. The number of benzene rings is 1. The Morgan fingerprint density at radius 2 is 1.92 bits per heavy atom. The van der Waals surface area contributed by atoms with Gasteiger partial charge in [0.25, 0.3) is 5.91 Å². The minimum absolute atomic E-state index is 0.0693. The summed E-state index contributed by atoms with van der Waals surface area (Å²) < 4.78 is 1.83. The van der Waals surface area contributed by atoms with Crippen LogP contribution in [0.15, 0.2) is 24.4 Å². The molecule has 1 aliphatic heterocycles. The topological polar surface area (TPSA) is 71.8 Å². The van der Waals surface area contributed by atoms with Gasteiger partial charge in [-0.3, -0.25) is 4.79 Å². The van der Waals surface area contributed by atoms with Crippen LogP contribution in [0.4, 0.5) is 0 Å². The molecule has 2 aromatic rings. The van der Waals surface area contributed by atoms with Gasteiger partial charge in [0, 0.05) is 0 Å². The first-order valence-corrected chi connectivity index (χ1v) is 8.54. The van der Waals surface area contributed by atoms with E-state index in [0.717, 1.165) is 31.5 Å². The molecule has 1 unspecified atom stereocenters. The number of carbonyl (C=O) groups excluding carboxylic acids is 1. The molecule has 1 atom stereocenters. The van der Waals surface area contributed by atoms with Gasteiger partial charge < -0.3 is 10.6 Å². The van der Waals surface area contributed by atoms with E-state index in [0.29, 0.717) is 11.7 Å². The molecule has 6 nitrogen and oxygen atoms in total. The van der Waals surface area contributed by atoms with Crippen LogP contribution in [0.25, 0.3) is 0 Å². The Morgan fingerprint density at radius 3 is 2.58 bits per heavy atom. The van der Waals surface area contributed by atoms with Crippen LogP contribution in [-0.2, 0) is 0 Å². The van der Waals surface area contributed by atoms with E-state index in [4.69, 9.17) is 0 Å². The first kappa shape index (κ1) is 16.6. The van der Waals surface area contributed by atoms with Gasteiger partial charge in [-0.15, -0.1) is 5.10 Å². The average Bonchev–Trinajstić information content (AvgIpc) is 3.05. The number of hydrogen-bond donors (Lipinski definition) is 2. The summed E-state index contributed by atoms with van der Waals surface area (Å²) in [6, 6.07) is 6.59. The Kier molecular flexibility index (Phi) is 4.94. The molecule has 0 saturated carbocycles. The minimum atomic E-state index is -0.179. The quantitative estimate of drug-likeness (QED) is 0.904. The maximum absolute atomic E-state index is 12.5. The molecule has 1 aromatic carbocycles. The molecular formula is C18H25N5O. The molecule has 3 rings (SSSR count). The highest BCUT2D eigenvalue weighted by Gasteiger charge is 2.20. The molecule has 24 heavy (non-hydrogen) atoms. The fourth-order valence-corrected chi connectivity index (χ4v) is 3.24. The van der Waals surface area contributed by atoms with Gasteiger partial charge in [-0.05, 0) is 52.3 Å². The van der Waals surface area contributed by atoms with Crippen LogP contribution < -0.4 is 10.6 Å². The van der Waals surface area contributed by atoms with Crippen LogP contribution in [0.3, 0.4) is 0 Å². The second-order valence-corrected chi connectivity index (χ2v) is 6.68. The molecule has 1 saturated heterocycles. The van der Waals surface area contributed by atoms with Crippen LogP contribution in [0.5, 0.6) is 0 Å². The first-order chi connectivity index (χ1) is 11.5. The Labute approximate surface area is 142 Å².